The SMILES string of the molecule is C[C@H](NC(=O)COC(=O)CN1C(=O)NC2(CCCC2)C1=O)c1ccc(Cl)cc1. The number of hydrogen-bond acceptors (Lipinski definition) is 5. The predicted molar refractivity (Wildman–Crippen MR) is 100 cm³/mol. The minimum atomic E-state index is -0.872. The van der Waals surface area contributed by atoms with Gasteiger partial charge in [0.05, 0.1) is 6.04 Å². The van der Waals surface area contributed by atoms with E-state index in [4.69, 9.17) is 16.3 Å². The molecule has 1 aromatic rings. The molecule has 0 bridgehead atoms. The van der Waals surface area contributed by atoms with Crippen molar-refractivity contribution < 1.29 is 23.9 Å². The zero-order chi connectivity index (χ0) is 20.3. The van der Waals surface area contributed by atoms with Crippen LogP contribution in [0.2, 0.25) is 5.02 Å². The average molecular weight is 408 g/mol. The van der Waals surface area contributed by atoms with Gasteiger partial charge in [0.15, 0.2) is 6.61 Å². The zero-order valence-electron chi connectivity index (χ0n) is 15.5. The smallest absolute Gasteiger partial charge is 0.326 e. The summed E-state index contributed by atoms with van der Waals surface area (Å²) in [6.45, 7) is 0.787. The lowest BCUT2D eigenvalue weighted by Crippen LogP contribution is -2.44. The second kappa shape index (κ2) is 8.18. The second-order valence-electron chi connectivity index (χ2n) is 7.11. The van der Waals surface area contributed by atoms with Crippen LogP contribution in [0.15, 0.2) is 24.3 Å². The molecule has 1 aliphatic heterocycles. The molecule has 1 saturated heterocycles. The maximum atomic E-state index is 12.5. The van der Waals surface area contributed by atoms with Gasteiger partial charge >= 0.3 is 12.0 Å². The standard InChI is InChI=1S/C19H22ClN3O5/c1-12(13-4-6-14(20)7-5-13)21-15(24)11-28-16(25)10-23-17(26)19(22-18(23)27)8-2-3-9-19/h4-7,12H,2-3,8-11H2,1H3,(H,21,24)(H,22,27)/t12-/m0/s1. The van der Waals surface area contributed by atoms with Crippen LogP contribution in [0.3, 0.4) is 0 Å². The molecule has 4 amide bonds. The predicted octanol–water partition coefficient (Wildman–Crippen LogP) is 1.93. The van der Waals surface area contributed by atoms with Gasteiger partial charge in [-0.05, 0) is 37.5 Å². The van der Waals surface area contributed by atoms with Crippen LogP contribution in [0.25, 0.3) is 0 Å². The summed E-state index contributed by atoms with van der Waals surface area (Å²) in [6, 6.07) is 6.12. The number of benzene rings is 1. The number of nitrogens with one attached hydrogen (secondary N) is 2. The first-order valence-electron chi connectivity index (χ1n) is 9.15. The molecular weight excluding hydrogens is 386 g/mol. The number of ether oxygens (including phenoxy) is 1. The third-order valence-electron chi connectivity index (χ3n) is 5.10. The summed E-state index contributed by atoms with van der Waals surface area (Å²) in [6.07, 6.45) is 2.87. The molecule has 0 unspecified atom stereocenters. The lowest BCUT2D eigenvalue weighted by atomic mass is 9.98. The Morgan fingerprint density at radius 2 is 1.89 bits per heavy atom. The molecule has 2 fully saturated rings. The molecule has 1 aromatic carbocycles. The summed E-state index contributed by atoms with van der Waals surface area (Å²) in [7, 11) is 0. The van der Waals surface area contributed by atoms with Gasteiger partial charge in [0, 0.05) is 5.02 Å². The minimum absolute atomic E-state index is 0.295. The maximum absolute atomic E-state index is 12.5. The third-order valence-corrected chi connectivity index (χ3v) is 5.35. The van der Waals surface area contributed by atoms with Crippen LogP contribution < -0.4 is 10.6 Å². The maximum Gasteiger partial charge on any atom is 0.326 e. The summed E-state index contributed by atoms with van der Waals surface area (Å²) in [5.74, 6) is -1.69. The van der Waals surface area contributed by atoms with E-state index < -0.39 is 42.5 Å². The van der Waals surface area contributed by atoms with Crippen molar-refractivity contribution in [2.45, 2.75) is 44.2 Å². The normalized spacial score (nSPS) is 18.9. The number of hydrogen-bond donors (Lipinski definition) is 2. The van der Waals surface area contributed by atoms with Crippen molar-refractivity contribution in [2.24, 2.45) is 0 Å². The van der Waals surface area contributed by atoms with Crippen molar-refractivity contribution >= 4 is 35.4 Å². The van der Waals surface area contributed by atoms with Crippen molar-refractivity contribution in [1.29, 1.82) is 0 Å². The Bertz CT molecular complexity index is 789. The topological polar surface area (TPSA) is 105 Å². The Morgan fingerprint density at radius 1 is 1.25 bits per heavy atom. The second-order valence-corrected chi connectivity index (χ2v) is 7.55. The molecule has 2 aliphatic rings. The van der Waals surface area contributed by atoms with Gasteiger partial charge in [0.25, 0.3) is 11.8 Å². The number of imide groups is 1. The monoisotopic (exact) mass is 407 g/mol. The molecule has 3 rings (SSSR count). The summed E-state index contributed by atoms with van der Waals surface area (Å²) in [5.41, 5.74) is -0.0202. The van der Waals surface area contributed by atoms with Crippen molar-refractivity contribution in [3.8, 4) is 0 Å². The number of amides is 4. The summed E-state index contributed by atoms with van der Waals surface area (Å²) in [5, 5.41) is 5.98. The Labute approximate surface area is 167 Å². The van der Waals surface area contributed by atoms with Crippen LogP contribution >= 0.6 is 11.6 Å². The van der Waals surface area contributed by atoms with Gasteiger partial charge in [-0.2, -0.15) is 0 Å². The molecule has 28 heavy (non-hydrogen) atoms. The molecule has 0 radical (unpaired) electrons. The van der Waals surface area contributed by atoms with E-state index in [0.717, 1.165) is 23.3 Å². The van der Waals surface area contributed by atoms with Crippen LogP contribution in [0, 0.1) is 0 Å². The first-order valence-corrected chi connectivity index (χ1v) is 9.53. The molecule has 1 saturated carbocycles. The largest absolute Gasteiger partial charge is 0.454 e. The zero-order valence-corrected chi connectivity index (χ0v) is 16.3. The molecular formula is C19H22ClN3O5. The summed E-state index contributed by atoms with van der Waals surface area (Å²) in [4.78, 5) is 49.4. The van der Waals surface area contributed by atoms with E-state index >= 15 is 0 Å². The fraction of sp³-hybridized carbons (Fsp3) is 0.474. The highest BCUT2D eigenvalue weighted by Crippen LogP contribution is 2.34. The number of nitrogens with zero attached hydrogens (tertiary/aromatic N) is 1. The minimum Gasteiger partial charge on any atom is -0.454 e. The van der Waals surface area contributed by atoms with Gasteiger partial charge in [-0.25, -0.2) is 4.79 Å². The van der Waals surface area contributed by atoms with Crippen molar-refractivity contribution in [3.63, 3.8) is 0 Å². The summed E-state index contributed by atoms with van der Waals surface area (Å²) >= 11 is 5.84. The fourth-order valence-corrected chi connectivity index (χ4v) is 3.70. The highest BCUT2D eigenvalue weighted by atomic mass is 35.5. The van der Waals surface area contributed by atoms with E-state index in [1.54, 1.807) is 31.2 Å². The Morgan fingerprint density at radius 3 is 2.54 bits per heavy atom. The Balaban J connectivity index is 1.46. The first kappa shape index (κ1) is 20.1. The lowest BCUT2D eigenvalue weighted by molar-refractivity contribution is -0.151. The van der Waals surface area contributed by atoms with Gasteiger partial charge in [-0.15, -0.1) is 0 Å². The lowest BCUT2D eigenvalue weighted by Gasteiger charge is -2.19. The van der Waals surface area contributed by atoms with Crippen LogP contribution in [-0.4, -0.2) is 47.4 Å². The van der Waals surface area contributed by atoms with E-state index in [9.17, 15) is 19.2 Å². The molecule has 9 heteroatoms. The quantitative estimate of drug-likeness (QED) is 0.553. The molecule has 0 aromatic heterocycles. The van der Waals surface area contributed by atoms with Crippen LogP contribution in [0.5, 0.6) is 0 Å². The fourth-order valence-electron chi connectivity index (χ4n) is 3.58. The number of esters is 1. The molecule has 1 heterocycles. The number of carbonyl (C=O) groups is 4. The molecule has 150 valence electrons. The van der Waals surface area contributed by atoms with Crippen molar-refractivity contribution in [3.05, 3.63) is 34.9 Å². The highest BCUT2D eigenvalue weighted by Gasteiger charge is 2.52. The van der Waals surface area contributed by atoms with Gasteiger partial charge in [0.2, 0.25) is 0 Å². The van der Waals surface area contributed by atoms with E-state index in [1.165, 1.54) is 0 Å². The molecule has 1 atom stereocenters. The van der Waals surface area contributed by atoms with Crippen LogP contribution in [0.4, 0.5) is 4.79 Å². The Hall–Kier alpha value is -2.61. The van der Waals surface area contributed by atoms with Crippen LogP contribution in [0.1, 0.15) is 44.2 Å². The number of carbonyl (C=O) groups excluding carboxylic acids is 4. The van der Waals surface area contributed by atoms with Crippen molar-refractivity contribution in [1.82, 2.24) is 15.5 Å². The van der Waals surface area contributed by atoms with Crippen molar-refractivity contribution in [2.75, 3.05) is 13.2 Å². The first-order chi connectivity index (χ1) is 13.3. The summed E-state index contributed by atoms with van der Waals surface area (Å²) < 4.78 is 4.92. The van der Waals surface area contributed by atoms with Gasteiger partial charge in [-0.3, -0.25) is 19.3 Å². The Kier molecular flexibility index (Phi) is 5.88. The molecule has 1 aliphatic carbocycles. The van der Waals surface area contributed by atoms with E-state index in [0.29, 0.717) is 17.9 Å². The van der Waals surface area contributed by atoms with Gasteiger partial charge in [0.1, 0.15) is 12.1 Å². The van der Waals surface area contributed by atoms with E-state index in [1.807, 2.05) is 0 Å². The number of urea groups is 1. The van der Waals surface area contributed by atoms with Gasteiger partial charge < -0.3 is 15.4 Å². The number of halogens is 1. The molecule has 8 nitrogen and oxygen atoms in total. The van der Waals surface area contributed by atoms with E-state index in [-0.39, 0.29) is 6.04 Å². The van der Waals surface area contributed by atoms with Crippen LogP contribution in [-0.2, 0) is 19.1 Å². The third kappa shape index (κ3) is 4.27. The molecule has 2 N–H and O–H groups in total. The van der Waals surface area contributed by atoms with Gasteiger partial charge in [-0.1, -0.05) is 36.6 Å². The molecule has 1 spiro atoms. The average Bonchev–Trinajstić information content (AvgIpc) is 3.21. The number of rotatable bonds is 6. The highest BCUT2D eigenvalue weighted by molar-refractivity contribution is 6.30. The van der Waals surface area contributed by atoms with E-state index in [2.05, 4.69) is 10.6 Å².